The highest BCUT2D eigenvalue weighted by Crippen LogP contribution is 2.25. The van der Waals surface area contributed by atoms with E-state index in [1.165, 1.54) is 6.07 Å². The molecule has 1 heterocycles. The van der Waals surface area contributed by atoms with Gasteiger partial charge in [-0.05, 0) is 29.1 Å². The minimum Gasteiger partial charge on any atom is -0.506 e. The Labute approximate surface area is 109 Å². The number of anilines is 1. The summed E-state index contributed by atoms with van der Waals surface area (Å²) in [5.74, 6) is 0.0639. The molecular weight excluding hydrogens is 256 g/mol. The van der Waals surface area contributed by atoms with Crippen molar-refractivity contribution >= 4 is 28.6 Å². The maximum atomic E-state index is 9.31. The van der Waals surface area contributed by atoms with Gasteiger partial charge in [-0.3, -0.25) is 0 Å². The molecule has 1 radical (unpaired) electrons. The predicted octanol–water partition coefficient (Wildman–Crippen LogP) is 3.06. The summed E-state index contributed by atoms with van der Waals surface area (Å²) in [6.45, 7) is 0.540. The highest BCUT2D eigenvalue weighted by atomic mass is 35.5. The number of benzene rings is 1. The Hall–Kier alpha value is -1.23. The molecule has 4 N–H and O–H groups in total. The third kappa shape index (κ3) is 3.12. The fourth-order valence-corrected chi connectivity index (χ4v) is 2.16. The van der Waals surface area contributed by atoms with E-state index in [4.69, 9.17) is 17.3 Å². The van der Waals surface area contributed by atoms with Crippen LogP contribution in [0.5, 0.6) is 5.75 Å². The molecule has 0 aliphatic carbocycles. The second-order valence-corrected chi connectivity index (χ2v) is 4.74. The van der Waals surface area contributed by atoms with Crippen molar-refractivity contribution in [2.45, 2.75) is 0 Å². The molecule has 89 valence electrons. The van der Waals surface area contributed by atoms with Gasteiger partial charge in [-0.2, -0.15) is 11.3 Å². The fraction of sp³-hybridized carbons (Fsp3) is 0.0833. The summed E-state index contributed by atoms with van der Waals surface area (Å²) in [5.41, 5.74) is 7.81. The minimum atomic E-state index is 0.0639. The number of hydrogen-bond acceptors (Lipinski definition) is 4. The lowest BCUT2D eigenvalue weighted by atomic mass is 10.1. The van der Waals surface area contributed by atoms with Gasteiger partial charge in [-0.1, -0.05) is 17.7 Å². The van der Waals surface area contributed by atoms with Crippen LogP contribution >= 0.6 is 22.9 Å². The normalized spacial score (nSPS) is 10.8. The summed E-state index contributed by atoms with van der Waals surface area (Å²) in [7, 11) is 0. The van der Waals surface area contributed by atoms with Crippen LogP contribution in [0.2, 0.25) is 5.02 Å². The summed E-state index contributed by atoms with van der Waals surface area (Å²) < 4.78 is 0. The lowest BCUT2D eigenvalue weighted by Gasteiger charge is -2.12. The van der Waals surface area contributed by atoms with Gasteiger partial charge in [-0.25, -0.2) is 0 Å². The standard InChI is InChI=1S/C12H12ClN2OS/c13-10-5-8(1-2-12(10)16)11(14)6-15-9-3-4-17-7-9/h1-5,7,15-16H,6,14H2. The first-order chi connectivity index (χ1) is 8.16. The second-order valence-electron chi connectivity index (χ2n) is 3.56. The van der Waals surface area contributed by atoms with Gasteiger partial charge < -0.3 is 16.2 Å². The zero-order chi connectivity index (χ0) is 12.3. The van der Waals surface area contributed by atoms with Crippen molar-refractivity contribution in [3.63, 3.8) is 0 Å². The maximum Gasteiger partial charge on any atom is 0.134 e. The quantitative estimate of drug-likeness (QED) is 0.798. The maximum absolute atomic E-state index is 9.31. The van der Waals surface area contributed by atoms with Crippen LogP contribution in [0.3, 0.4) is 0 Å². The van der Waals surface area contributed by atoms with Crippen LogP contribution in [0.4, 0.5) is 5.69 Å². The number of rotatable bonds is 4. The number of phenols is 1. The van der Waals surface area contributed by atoms with E-state index in [2.05, 4.69) is 5.32 Å². The third-order valence-electron chi connectivity index (χ3n) is 2.32. The van der Waals surface area contributed by atoms with Crippen LogP contribution < -0.4 is 11.1 Å². The highest BCUT2D eigenvalue weighted by molar-refractivity contribution is 7.08. The van der Waals surface area contributed by atoms with Crippen molar-refractivity contribution in [3.8, 4) is 5.75 Å². The predicted molar refractivity (Wildman–Crippen MR) is 72.5 cm³/mol. The molecule has 1 aromatic carbocycles. The van der Waals surface area contributed by atoms with E-state index in [0.717, 1.165) is 11.3 Å². The van der Waals surface area contributed by atoms with E-state index < -0.39 is 0 Å². The van der Waals surface area contributed by atoms with E-state index in [9.17, 15) is 5.11 Å². The van der Waals surface area contributed by atoms with Gasteiger partial charge in [0.1, 0.15) is 5.75 Å². The average Bonchev–Trinajstić information content (AvgIpc) is 2.82. The van der Waals surface area contributed by atoms with Crippen LogP contribution in [0.15, 0.2) is 35.0 Å². The van der Waals surface area contributed by atoms with Gasteiger partial charge in [0, 0.05) is 17.6 Å². The summed E-state index contributed by atoms with van der Waals surface area (Å²) in [4.78, 5) is 0. The summed E-state index contributed by atoms with van der Waals surface area (Å²) in [5, 5.41) is 16.8. The van der Waals surface area contributed by atoms with Gasteiger partial charge in [-0.15, -0.1) is 0 Å². The third-order valence-corrected chi connectivity index (χ3v) is 3.31. The zero-order valence-electron chi connectivity index (χ0n) is 8.98. The lowest BCUT2D eigenvalue weighted by Crippen LogP contribution is -2.21. The van der Waals surface area contributed by atoms with Crippen molar-refractivity contribution in [2.24, 2.45) is 5.73 Å². The number of hydrogen-bond donors (Lipinski definition) is 3. The van der Waals surface area contributed by atoms with Crippen LogP contribution in [0, 0.1) is 6.04 Å². The average molecular weight is 268 g/mol. The lowest BCUT2D eigenvalue weighted by molar-refractivity contribution is 0.475. The van der Waals surface area contributed by atoms with Crippen molar-refractivity contribution in [3.05, 3.63) is 51.7 Å². The molecule has 5 heteroatoms. The number of nitrogens with two attached hydrogens (primary N) is 1. The van der Waals surface area contributed by atoms with Gasteiger partial charge in [0.2, 0.25) is 0 Å². The van der Waals surface area contributed by atoms with E-state index in [1.54, 1.807) is 23.5 Å². The van der Waals surface area contributed by atoms with Crippen LogP contribution in [-0.2, 0) is 0 Å². The first kappa shape index (κ1) is 12.2. The Kier molecular flexibility index (Phi) is 3.89. The molecule has 17 heavy (non-hydrogen) atoms. The topological polar surface area (TPSA) is 58.3 Å². The van der Waals surface area contributed by atoms with E-state index in [1.807, 2.05) is 16.8 Å². The molecule has 2 rings (SSSR count). The molecule has 0 saturated carbocycles. The molecule has 0 aliphatic heterocycles. The molecule has 2 aromatic rings. The monoisotopic (exact) mass is 267 g/mol. The molecule has 1 aromatic heterocycles. The number of phenolic OH excluding ortho intramolecular Hbond substituents is 1. The number of thiophene rings is 1. The SMILES string of the molecule is N[C](CNc1ccsc1)c1ccc(O)c(Cl)c1. The molecule has 0 atom stereocenters. The second kappa shape index (κ2) is 5.40. The van der Waals surface area contributed by atoms with Crippen molar-refractivity contribution in [2.75, 3.05) is 11.9 Å². The van der Waals surface area contributed by atoms with Gasteiger partial charge in [0.15, 0.2) is 0 Å². The van der Waals surface area contributed by atoms with Gasteiger partial charge in [0.05, 0.1) is 11.1 Å². The first-order valence-corrected chi connectivity index (χ1v) is 6.35. The molecule has 0 amide bonds. The molecular formula is C12H12ClN2OS. The zero-order valence-corrected chi connectivity index (χ0v) is 10.6. The van der Waals surface area contributed by atoms with Gasteiger partial charge in [0.25, 0.3) is 0 Å². The molecule has 0 bridgehead atoms. The molecule has 3 nitrogen and oxygen atoms in total. The van der Waals surface area contributed by atoms with E-state index in [0.29, 0.717) is 17.6 Å². The largest absolute Gasteiger partial charge is 0.506 e. The first-order valence-electron chi connectivity index (χ1n) is 5.03. The van der Waals surface area contributed by atoms with Crippen molar-refractivity contribution in [1.82, 2.24) is 0 Å². The number of aromatic hydroxyl groups is 1. The molecule has 0 unspecified atom stereocenters. The van der Waals surface area contributed by atoms with Crippen molar-refractivity contribution in [1.29, 1.82) is 0 Å². The van der Waals surface area contributed by atoms with Crippen LogP contribution in [0.1, 0.15) is 5.56 Å². The highest BCUT2D eigenvalue weighted by Gasteiger charge is 2.09. The Balaban J connectivity index is 1.99. The number of nitrogens with one attached hydrogen (secondary N) is 1. The Morgan fingerprint density at radius 1 is 1.41 bits per heavy atom. The summed E-state index contributed by atoms with van der Waals surface area (Å²) >= 11 is 7.44. The molecule has 0 spiro atoms. The fourth-order valence-electron chi connectivity index (χ4n) is 1.37. The molecule has 0 fully saturated rings. The minimum absolute atomic E-state index is 0.0639. The Morgan fingerprint density at radius 3 is 2.88 bits per heavy atom. The smallest absolute Gasteiger partial charge is 0.134 e. The molecule has 0 aliphatic rings. The van der Waals surface area contributed by atoms with Gasteiger partial charge >= 0.3 is 0 Å². The van der Waals surface area contributed by atoms with Crippen LogP contribution in [-0.4, -0.2) is 11.7 Å². The summed E-state index contributed by atoms with van der Waals surface area (Å²) in [6, 6.07) is 7.60. The van der Waals surface area contributed by atoms with E-state index >= 15 is 0 Å². The Bertz CT molecular complexity index is 487. The van der Waals surface area contributed by atoms with E-state index in [-0.39, 0.29) is 5.75 Å². The summed E-state index contributed by atoms with van der Waals surface area (Å²) in [6.07, 6.45) is 0. The van der Waals surface area contributed by atoms with Crippen molar-refractivity contribution < 1.29 is 5.11 Å². The van der Waals surface area contributed by atoms with Crippen LogP contribution in [0.25, 0.3) is 0 Å². The molecule has 0 saturated heterocycles. The number of halogens is 1. The Morgan fingerprint density at radius 2 is 2.24 bits per heavy atom.